The van der Waals surface area contributed by atoms with Gasteiger partial charge in [0.15, 0.2) is 0 Å². The first-order valence-electron chi connectivity index (χ1n) is 6.09. The molecular weight excluding hydrogens is 174 g/mol. The average molecular weight is 197 g/mol. The van der Waals surface area contributed by atoms with Gasteiger partial charge in [-0.25, -0.2) is 0 Å². The van der Waals surface area contributed by atoms with Crippen molar-refractivity contribution < 1.29 is 4.74 Å². The topological polar surface area (TPSA) is 21.3 Å². The minimum atomic E-state index is 0.636. The zero-order valence-electron chi connectivity index (χ0n) is 9.46. The average Bonchev–Trinajstić information content (AvgIpc) is 2.17. The SMILES string of the molecule is CC(C)NC1CCC2COCCC2C1. The number of nitrogens with one attached hydrogen (secondary N) is 1. The van der Waals surface area contributed by atoms with Crippen molar-refractivity contribution in [2.45, 2.75) is 51.6 Å². The molecule has 14 heavy (non-hydrogen) atoms. The highest BCUT2D eigenvalue weighted by Crippen LogP contribution is 2.35. The Morgan fingerprint density at radius 2 is 2.00 bits per heavy atom. The Bertz CT molecular complexity index is 181. The normalized spacial score (nSPS) is 38.4. The molecule has 0 radical (unpaired) electrons. The fourth-order valence-corrected chi connectivity index (χ4v) is 2.99. The molecule has 1 aliphatic carbocycles. The highest BCUT2D eigenvalue weighted by Gasteiger charge is 2.32. The molecule has 1 saturated heterocycles. The Morgan fingerprint density at radius 3 is 2.79 bits per heavy atom. The Labute approximate surface area is 87.4 Å². The molecule has 0 spiro atoms. The van der Waals surface area contributed by atoms with Gasteiger partial charge in [0.1, 0.15) is 0 Å². The van der Waals surface area contributed by atoms with Crippen molar-refractivity contribution in [1.29, 1.82) is 0 Å². The van der Waals surface area contributed by atoms with Gasteiger partial charge in [-0.15, -0.1) is 0 Å². The molecular formula is C12H23NO. The van der Waals surface area contributed by atoms with Gasteiger partial charge < -0.3 is 10.1 Å². The van der Waals surface area contributed by atoms with E-state index >= 15 is 0 Å². The third kappa shape index (κ3) is 2.48. The molecule has 2 rings (SSSR count). The number of rotatable bonds is 2. The van der Waals surface area contributed by atoms with Crippen LogP contribution >= 0.6 is 0 Å². The third-order valence-electron chi connectivity index (χ3n) is 3.67. The van der Waals surface area contributed by atoms with Crippen molar-refractivity contribution in [3.8, 4) is 0 Å². The van der Waals surface area contributed by atoms with Crippen LogP contribution in [0.25, 0.3) is 0 Å². The molecule has 0 aromatic rings. The molecule has 2 fully saturated rings. The van der Waals surface area contributed by atoms with Crippen LogP contribution in [0.4, 0.5) is 0 Å². The fraction of sp³-hybridized carbons (Fsp3) is 1.00. The Morgan fingerprint density at radius 1 is 1.14 bits per heavy atom. The number of ether oxygens (including phenoxy) is 1. The second-order valence-electron chi connectivity index (χ2n) is 5.22. The van der Waals surface area contributed by atoms with E-state index < -0.39 is 0 Å². The van der Waals surface area contributed by atoms with Crippen LogP contribution in [-0.4, -0.2) is 25.3 Å². The van der Waals surface area contributed by atoms with E-state index in [1.165, 1.54) is 25.7 Å². The standard InChI is InChI=1S/C12H23NO/c1-9(2)13-12-4-3-11-8-14-6-5-10(11)7-12/h9-13H,3-8H2,1-2H3. The molecule has 1 saturated carbocycles. The lowest BCUT2D eigenvalue weighted by molar-refractivity contribution is -0.00842. The largest absolute Gasteiger partial charge is 0.381 e. The summed E-state index contributed by atoms with van der Waals surface area (Å²) in [5.41, 5.74) is 0. The first-order chi connectivity index (χ1) is 6.75. The lowest BCUT2D eigenvalue weighted by Gasteiger charge is -2.40. The van der Waals surface area contributed by atoms with Crippen molar-refractivity contribution in [1.82, 2.24) is 5.32 Å². The van der Waals surface area contributed by atoms with Crippen LogP contribution in [0.15, 0.2) is 0 Å². The molecule has 1 heterocycles. The predicted octanol–water partition coefficient (Wildman–Crippen LogP) is 2.19. The number of hydrogen-bond acceptors (Lipinski definition) is 2. The molecule has 2 nitrogen and oxygen atoms in total. The Balaban J connectivity index is 1.83. The lowest BCUT2D eigenvalue weighted by Crippen LogP contribution is -2.43. The molecule has 0 bridgehead atoms. The Hall–Kier alpha value is -0.0800. The summed E-state index contributed by atoms with van der Waals surface area (Å²) in [4.78, 5) is 0. The van der Waals surface area contributed by atoms with Crippen LogP contribution in [0.5, 0.6) is 0 Å². The maximum absolute atomic E-state index is 5.53. The summed E-state index contributed by atoms with van der Waals surface area (Å²) in [6, 6.07) is 1.41. The van der Waals surface area contributed by atoms with Crippen LogP contribution in [0.2, 0.25) is 0 Å². The van der Waals surface area contributed by atoms with Gasteiger partial charge in [-0.1, -0.05) is 13.8 Å². The second-order valence-corrected chi connectivity index (χ2v) is 5.22. The second kappa shape index (κ2) is 4.63. The van der Waals surface area contributed by atoms with E-state index in [9.17, 15) is 0 Å². The molecule has 82 valence electrons. The minimum Gasteiger partial charge on any atom is -0.381 e. The minimum absolute atomic E-state index is 0.636. The molecule has 0 aromatic heterocycles. The summed E-state index contributed by atoms with van der Waals surface area (Å²) >= 11 is 0. The molecule has 1 N–H and O–H groups in total. The van der Waals surface area contributed by atoms with Gasteiger partial charge in [0.2, 0.25) is 0 Å². The maximum Gasteiger partial charge on any atom is 0.0496 e. The lowest BCUT2D eigenvalue weighted by atomic mass is 9.74. The van der Waals surface area contributed by atoms with Crippen LogP contribution in [0.1, 0.15) is 39.5 Å². The Kier molecular flexibility index (Phi) is 3.45. The van der Waals surface area contributed by atoms with E-state index in [0.717, 1.165) is 31.1 Å². The van der Waals surface area contributed by atoms with Gasteiger partial charge >= 0.3 is 0 Å². The highest BCUT2D eigenvalue weighted by molar-refractivity contribution is 4.86. The number of fused-ring (bicyclic) bond motifs is 1. The molecule has 0 aromatic carbocycles. The summed E-state index contributed by atoms with van der Waals surface area (Å²) in [5.74, 6) is 1.81. The molecule has 2 aliphatic rings. The van der Waals surface area contributed by atoms with E-state index in [2.05, 4.69) is 19.2 Å². The van der Waals surface area contributed by atoms with Crippen LogP contribution < -0.4 is 5.32 Å². The summed E-state index contributed by atoms with van der Waals surface area (Å²) in [6.07, 6.45) is 5.39. The monoisotopic (exact) mass is 197 g/mol. The maximum atomic E-state index is 5.53. The zero-order valence-corrected chi connectivity index (χ0v) is 9.46. The van der Waals surface area contributed by atoms with Crippen LogP contribution in [-0.2, 0) is 4.74 Å². The van der Waals surface area contributed by atoms with Crippen molar-refractivity contribution in [2.24, 2.45) is 11.8 Å². The zero-order chi connectivity index (χ0) is 9.97. The van der Waals surface area contributed by atoms with Gasteiger partial charge in [0.25, 0.3) is 0 Å². The van der Waals surface area contributed by atoms with Crippen molar-refractivity contribution in [2.75, 3.05) is 13.2 Å². The predicted molar refractivity (Wildman–Crippen MR) is 58.3 cm³/mol. The van der Waals surface area contributed by atoms with E-state index in [-0.39, 0.29) is 0 Å². The van der Waals surface area contributed by atoms with E-state index in [1.807, 2.05) is 0 Å². The van der Waals surface area contributed by atoms with Gasteiger partial charge in [0, 0.05) is 25.3 Å². The quantitative estimate of drug-likeness (QED) is 0.732. The highest BCUT2D eigenvalue weighted by atomic mass is 16.5. The van der Waals surface area contributed by atoms with E-state index in [1.54, 1.807) is 0 Å². The van der Waals surface area contributed by atoms with Crippen molar-refractivity contribution in [3.05, 3.63) is 0 Å². The molecule has 1 aliphatic heterocycles. The van der Waals surface area contributed by atoms with Crippen molar-refractivity contribution in [3.63, 3.8) is 0 Å². The van der Waals surface area contributed by atoms with Gasteiger partial charge in [-0.05, 0) is 37.5 Å². The molecule has 2 heteroatoms. The first-order valence-corrected chi connectivity index (χ1v) is 6.09. The third-order valence-corrected chi connectivity index (χ3v) is 3.67. The van der Waals surface area contributed by atoms with Crippen molar-refractivity contribution >= 4 is 0 Å². The molecule has 0 amide bonds. The fourth-order valence-electron chi connectivity index (χ4n) is 2.99. The van der Waals surface area contributed by atoms with E-state index in [0.29, 0.717) is 6.04 Å². The summed E-state index contributed by atoms with van der Waals surface area (Å²) in [7, 11) is 0. The smallest absolute Gasteiger partial charge is 0.0496 e. The number of hydrogen-bond donors (Lipinski definition) is 1. The van der Waals surface area contributed by atoms with Gasteiger partial charge in [-0.3, -0.25) is 0 Å². The van der Waals surface area contributed by atoms with Crippen LogP contribution in [0, 0.1) is 11.8 Å². The van der Waals surface area contributed by atoms with Crippen LogP contribution in [0.3, 0.4) is 0 Å². The van der Waals surface area contributed by atoms with Gasteiger partial charge in [0.05, 0.1) is 0 Å². The summed E-state index contributed by atoms with van der Waals surface area (Å²) in [6.45, 7) is 6.51. The molecule has 3 atom stereocenters. The van der Waals surface area contributed by atoms with E-state index in [4.69, 9.17) is 4.74 Å². The molecule has 3 unspecified atom stereocenters. The van der Waals surface area contributed by atoms with Gasteiger partial charge in [-0.2, -0.15) is 0 Å². The summed E-state index contributed by atoms with van der Waals surface area (Å²) < 4.78 is 5.53. The first kappa shape index (κ1) is 10.4. The summed E-state index contributed by atoms with van der Waals surface area (Å²) in [5, 5.41) is 3.67.